The van der Waals surface area contributed by atoms with E-state index in [1.807, 2.05) is 0 Å². The van der Waals surface area contributed by atoms with Gasteiger partial charge in [-0.3, -0.25) is 0 Å². The van der Waals surface area contributed by atoms with Gasteiger partial charge in [-0.15, -0.1) is 0 Å². The number of hydrogen-bond acceptors (Lipinski definition) is 5. The number of allylic oxidation sites excluding steroid dienone is 2. The van der Waals surface area contributed by atoms with Gasteiger partial charge in [0.15, 0.2) is 16.6 Å². The molecule has 8 unspecified atom stereocenters. The van der Waals surface area contributed by atoms with Crippen molar-refractivity contribution in [3.05, 3.63) is 23.3 Å². The van der Waals surface area contributed by atoms with Crippen LogP contribution in [0.25, 0.3) is 0 Å². The topological polar surface area (TPSA) is 90.2 Å². The second-order valence-electron chi connectivity index (χ2n) is 26.3. The predicted octanol–water partition coefficient (Wildman–Crippen LogP) is 12.1. The van der Waals surface area contributed by atoms with Crippen LogP contribution < -0.4 is 0 Å². The first-order valence-corrected chi connectivity index (χ1v) is 31.4. The van der Waals surface area contributed by atoms with Crippen LogP contribution in [0.15, 0.2) is 23.3 Å². The van der Waals surface area contributed by atoms with Crippen molar-refractivity contribution in [2.24, 2.45) is 79.8 Å². The molecular formula is C52H90O5Si2. The Morgan fingerprint density at radius 2 is 0.949 bits per heavy atom. The van der Waals surface area contributed by atoms with Crippen molar-refractivity contribution in [3.8, 4) is 0 Å². The van der Waals surface area contributed by atoms with Crippen LogP contribution in [0, 0.1) is 79.8 Å². The summed E-state index contributed by atoms with van der Waals surface area (Å²) in [5.74, 6) is 4.86. The van der Waals surface area contributed by atoms with Gasteiger partial charge in [0.1, 0.15) is 0 Å². The Bertz CT molecular complexity index is 1540. The molecular weight excluding hydrogens is 761 g/mol. The van der Waals surface area contributed by atoms with Crippen LogP contribution in [0.4, 0.5) is 0 Å². The van der Waals surface area contributed by atoms with E-state index in [4.69, 9.17) is 4.12 Å². The molecule has 18 atom stereocenters. The largest absolute Gasteiger partial charge is 0.455 e. The summed E-state index contributed by atoms with van der Waals surface area (Å²) in [7, 11) is -4.05. The molecule has 6 fully saturated rings. The molecule has 0 amide bonds. The fraction of sp³-hybridized carbons (Fsp3) is 0.923. The molecule has 5 nitrogen and oxygen atoms in total. The average molecular weight is 851 g/mol. The summed E-state index contributed by atoms with van der Waals surface area (Å²) in [4.78, 5) is 0. The first-order chi connectivity index (χ1) is 27.3. The highest BCUT2D eigenvalue weighted by atomic mass is 28.4. The molecule has 59 heavy (non-hydrogen) atoms. The number of aliphatic hydroxyl groups excluding tert-OH is 4. The maximum atomic E-state index is 11.4. The minimum Gasteiger partial charge on any atom is -0.455 e. The molecule has 0 aromatic heterocycles. The van der Waals surface area contributed by atoms with Crippen LogP contribution in [0.5, 0.6) is 0 Å². The van der Waals surface area contributed by atoms with Crippen LogP contribution in [0.3, 0.4) is 0 Å². The molecule has 0 aliphatic heterocycles. The number of hydrogen-bond donors (Lipinski definition) is 4. The SMILES string of the molecule is CC(CC1(C)CC(O)CC2=CC[C@@H]3[C@@H](CC[C@]4(C)C(O)CC[C@@H]34)[C@]21C)C[Si](C)(C)O[Si](C)(C)CC(C)CC1(C)CC(O)CC2=CC[C@@H]3[C@@H](CC[C@]4(C)C(O)CC[C@@H]34)[C@]21C. The first-order valence-electron chi connectivity index (χ1n) is 25.1. The molecule has 8 aliphatic rings. The third-order valence-electron chi connectivity index (χ3n) is 21.5. The van der Waals surface area contributed by atoms with Gasteiger partial charge < -0.3 is 24.5 Å². The van der Waals surface area contributed by atoms with Crippen molar-refractivity contribution in [1.82, 2.24) is 0 Å². The summed E-state index contributed by atoms with van der Waals surface area (Å²) < 4.78 is 7.53. The van der Waals surface area contributed by atoms with E-state index in [0.29, 0.717) is 47.3 Å². The fourth-order valence-corrected chi connectivity index (χ4v) is 29.5. The Labute approximate surface area is 363 Å². The molecule has 0 heterocycles. The van der Waals surface area contributed by atoms with Gasteiger partial charge in [-0.05, 0) is 221 Å². The summed E-state index contributed by atoms with van der Waals surface area (Å²) in [6, 6.07) is 2.32. The lowest BCUT2D eigenvalue weighted by atomic mass is 9.41. The first kappa shape index (κ1) is 45.3. The minimum atomic E-state index is -2.03. The fourth-order valence-electron chi connectivity index (χ4n) is 19.2. The molecule has 0 aromatic rings. The van der Waals surface area contributed by atoms with Gasteiger partial charge in [-0.25, -0.2) is 0 Å². The zero-order valence-corrected chi connectivity index (χ0v) is 42.0. The molecule has 0 radical (unpaired) electrons. The van der Waals surface area contributed by atoms with Gasteiger partial charge in [0.2, 0.25) is 0 Å². The average Bonchev–Trinajstić information content (AvgIpc) is 3.58. The van der Waals surface area contributed by atoms with Crippen molar-refractivity contribution in [3.63, 3.8) is 0 Å². The van der Waals surface area contributed by atoms with E-state index in [1.165, 1.54) is 25.7 Å². The molecule has 6 saturated carbocycles. The molecule has 0 spiro atoms. The summed E-state index contributed by atoms with van der Waals surface area (Å²) in [5, 5.41) is 45.1. The van der Waals surface area contributed by atoms with E-state index in [2.05, 4.69) is 93.7 Å². The Hall–Kier alpha value is -0.286. The zero-order valence-electron chi connectivity index (χ0n) is 40.0. The van der Waals surface area contributed by atoms with Crippen molar-refractivity contribution < 1.29 is 24.5 Å². The van der Waals surface area contributed by atoms with Crippen LogP contribution in [-0.2, 0) is 4.12 Å². The van der Waals surface area contributed by atoms with Gasteiger partial charge in [0.25, 0.3) is 0 Å². The molecule has 0 bridgehead atoms. The van der Waals surface area contributed by atoms with Crippen LogP contribution in [-0.4, -0.2) is 61.5 Å². The lowest BCUT2D eigenvalue weighted by Gasteiger charge is -2.64. The lowest BCUT2D eigenvalue weighted by Crippen LogP contribution is -2.58. The standard InChI is InChI=1S/C52H90O5Si2/c1-33(27-47(3)29-37(53)25-35-13-15-39-41-17-19-45(55)49(41,5)23-21-43(39)51(35,47)7)31-58(9,10)57-59(11,12)32-34(2)28-48(4)30-38(54)26-36-14-16-40-42-18-20-46(56)50(42,6)24-22-44(40)52(36,48)8/h13-14,33-34,37-46,53-56H,15-32H2,1-12H3/t33?,34?,37?,38?,39-,40-,41-,42-,43+,44+,45?,46?,47?,48?,49-,50-,51-,52-/m0/s1. The number of fused-ring (bicyclic) bond motifs is 10. The van der Waals surface area contributed by atoms with E-state index >= 15 is 0 Å². The second-order valence-corrected chi connectivity index (χ2v) is 34.9. The predicted molar refractivity (Wildman–Crippen MR) is 248 cm³/mol. The lowest BCUT2D eigenvalue weighted by molar-refractivity contribution is -0.123. The Morgan fingerprint density at radius 3 is 1.32 bits per heavy atom. The highest BCUT2D eigenvalue weighted by molar-refractivity contribution is 6.84. The minimum absolute atomic E-state index is 0.0340. The highest BCUT2D eigenvalue weighted by Crippen LogP contribution is 2.72. The zero-order chi connectivity index (χ0) is 42.9. The molecule has 4 N–H and O–H groups in total. The third-order valence-corrected chi connectivity index (χ3v) is 29.3. The molecule has 8 rings (SSSR count). The Morgan fingerprint density at radius 1 is 0.576 bits per heavy atom. The highest BCUT2D eigenvalue weighted by Gasteiger charge is 2.65. The summed E-state index contributed by atoms with van der Waals surface area (Å²) in [6.07, 6.45) is 21.4. The summed E-state index contributed by atoms with van der Waals surface area (Å²) in [5.41, 5.74) is 3.50. The van der Waals surface area contributed by atoms with E-state index < -0.39 is 16.6 Å². The second kappa shape index (κ2) is 15.1. The van der Waals surface area contributed by atoms with Crippen LogP contribution in [0.2, 0.25) is 38.3 Å². The molecule has 336 valence electrons. The normalized spacial score (nSPS) is 50.6. The van der Waals surface area contributed by atoms with E-state index in [0.717, 1.165) is 89.1 Å². The number of rotatable bonds is 10. The smallest absolute Gasteiger partial charge is 0.173 e. The Balaban J connectivity index is 0.939. The third kappa shape index (κ3) is 7.20. The monoisotopic (exact) mass is 851 g/mol. The molecule has 8 aliphatic carbocycles. The van der Waals surface area contributed by atoms with Crippen LogP contribution >= 0.6 is 0 Å². The summed E-state index contributed by atoms with van der Waals surface area (Å²) >= 11 is 0. The van der Waals surface area contributed by atoms with E-state index in [1.54, 1.807) is 11.1 Å². The number of aliphatic hydroxyl groups is 4. The van der Waals surface area contributed by atoms with E-state index in [9.17, 15) is 20.4 Å². The van der Waals surface area contributed by atoms with Gasteiger partial charge >= 0.3 is 0 Å². The molecule has 0 aromatic carbocycles. The van der Waals surface area contributed by atoms with Gasteiger partial charge in [-0.1, -0.05) is 78.7 Å². The van der Waals surface area contributed by atoms with Crippen LogP contribution in [0.1, 0.15) is 158 Å². The van der Waals surface area contributed by atoms with Crippen molar-refractivity contribution in [2.75, 3.05) is 0 Å². The Kier molecular flexibility index (Phi) is 11.6. The maximum Gasteiger partial charge on any atom is 0.173 e. The summed E-state index contributed by atoms with van der Waals surface area (Å²) in [6.45, 7) is 30.1. The van der Waals surface area contributed by atoms with Crippen molar-refractivity contribution in [2.45, 2.75) is 221 Å². The van der Waals surface area contributed by atoms with E-state index in [-0.39, 0.29) is 56.9 Å². The van der Waals surface area contributed by atoms with Gasteiger partial charge in [0, 0.05) is 0 Å². The van der Waals surface area contributed by atoms with Crippen molar-refractivity contribution in [1.29, 1.82) is 0 Å². The van der Waals surface area contributed by atoms with Gasteiger partial charge in [-0.2, -0.15) is 0 Å². The quantitative estimate of drug-likeness (QED) is 0.130. The van der Waals surface area contributed by atoms with Crippen molar-refractivity contribution >= 4 is 16.6 Å². The maximum absolute atomic E-state index is 11.4. The molecule has 0 saturated heterocycles. The van der Waals surface area contributed by atoms with Gasteiger partial charge in [0.05, 0.1) is 24.4 Å². The molecule has 7 heteroatoms.